The fraction of sp³-hybridized carbons (Fsp3) is 0.208. The van der Waals surface area contributed by atoms with Gasteiger partial charge in [0.15, 0.2) is 17.1 Å². The van der Waals surface area contributed by atoms with Crippen LogP contribution in [-0.2, 0) is 14.4 Å². The zero-order chi connectivity index (χ0) is 27.8. The lowest BCUT2D eigenvalue weighted by atomic mass is 9.90. The van der Waals surface area contributed by atoms with Crippen molar-refractivity contribution >= 4 is 80.0 Å². The van der Waals surface area contributed by atoms with Gasteiger partial charge in [-0.05, 0) is 109 Å². The van der Waals surface area contributed by atoms with Gasteiger partial charge in [-0.3, -0.25) is 19.7 Å². The third-order valence-corrected chi connectivity index (χ3v) is 7.51. The Labute approximate surface area is 242 Å². The van der Waals surface area contributed by atoms with Crippen LogP contribution in [-0.4, -0.2) is 50.9 Å². The number of likely N-dealkylation sites (N-methyl/N-ethyl adjacent to an activating group) is 1. The maximum atomic E-state index is 15.1. The molecule has 0 atom stereocenters. The molecule has 1 aromatic heterocycles. The molecule has 0 saturated heterocycles. The number of carbonyl (C=O) groups excluding carboxylic acids is 3. The molecule has 0 aliphatic carbocycles. The number of hydrogen-bond donors (Lipinski definition) is 3. The van der Waals surface area contributed by atoms with Crippen LogP contribution >= 0.6 is 45.2 Å². The summed E-state index contributed by atoms with van der Waals surface area (Å²) in [5.41, 5.74) is -2.40. The largest absolute Gasteiger partial charge is 0.411 e. The van der Waals surface area contributed by atoms with Crippen molar-refractivity contribution in [1.29, 1.82) is 0 Å². The Morgan fingerprint density at radius 3 is 1.89 bits per heavy atom. The van der Waals surface area contributed by atoms with Gasteiger partial charge in [-0.15, -0.1) is 5.10 Å². The van der Waals surface area contributed by atoms with Crippen LogP contribution in [0.4, 0.5) is 26.2 Å². The standard InChI is InChI=1S/C24H20F2I2N6O4/c1-12(35)23(13(2)36)10-16(21(37)30-22-33-29-11-38-22)24(34(23)3,31-19-6-4-14(27)8-17(19)25)32-20-7-5-15(28)9-18(20)26/h4-11,31-32H,1-3H3,(H,30,33,37). The molecule has 4 rings (SSSR count). The minimum Gasteiger partial charge on any atom is -0.411 e. The van der Waals surface area contributed by atoms with Crippen LogP contribution in [0.5, 0.6) is 0 Å². The number of benzene rings is 2. The first-order valence-electron chi connectivity index (χ1n) is 10.9. The summed E-state index contributed by atoms with van der Waals surface area (Å²) in [6.07, 6.45) is 2.16. The van der Waals surface area contributed by atoms with E-state index in [0.717, 1.165) is 6.39 Å². The van der Waals surface area contributed by atoms with Gasteiger partial charge in [0.2, 0.25) is 12.2 Å². The summed E-state index contributed by atoms with van der Waals surface area (Å²) in [5, 5.41) is 15.4. The summed E-state index contributed by atoms with van der Waals surface area (Å²) in [4.78, 5) is 40.9. The number of carbonyl (C=O) groups is 3. The predicted octanol–water partition coefficient (Wildman–Crippen LogP) is 4.16. The third kappa shape index (κ3) is 4.91. The highest BCUT2D eigenvalue weighted by molar-refractivity contribution is 14.1. The number of hydrogen-bond acceptors (Lipinski definition) is 9. The van der Waals surface area contributed by atoms with Gasteiger partial charge >= 0.3 is 6.01 Å². The molecular formula is C24H20F2I2N6O4. The summed E-state index contributed by atoms with van der Waals surface area (Å²) < 4.78 is 36.5. The van der Waals surface area contributed by atoms with E-state index in [1.54, 1.807) is 12.1 Å². The van der Waals surface area contributed by atoms with Crippen LogP contribution in [0, 0.1) is 18.8 Å². The van der Waals surface area contributed by atoms with E-state index in [0.29, 0.717) is 7.14 Å². The third-order valence-electron chi connectivity index (χ3n) is 6.17. The van der Waals surface area contributed by atoms with Crippen LogP contribution in [0.25, 0.3) is 0 Å². The Hall–Kier alpha value is -2.99. The van der Waals surface area contributed by atoms with Crippen molar-refractivity contribution in [2.75, 3.05) is 23.0 Å². The minimum atomic E-state index is -2.03. The monoisotopic (exact) mass is 748 g/mol. The molecule has 3 N–H and O–H groups in total. The molecule has 0 unspecified atom stereocenters. The molecule has 1 aliphatic rings. The van der Waals surface area contributed by atoms with Gasteiger partial charge in [-0.1, -0.05) is 5.10 Å². The fourth-order valence-electron chi connectivity index (χ4n) is 4.31. The topological polar surface area (TPSA) is 129 Å². The normalized spacial score (nSPS) is 16.0. The predicted molar refractivity (Wildman–Crippen MR) is 151 cm³/mol. The van der Waals surface area contributed by atoms with Gasteiger partial charge in [0, 0.05) is 7.14 Å². The Morgan fingerprint density at radius 2 is 1.47 bits per heavy atom. The Kier molecular flexibility index (Phi) is 7.85. The highest BCUT2D eigenvalue weighted by atomic mass is 127. The van der Waals surface area contributed by atoms with Gasteiger partial charge in [0.1, 0.15) is 11.6 Å². The lowest BCUT2D eigenvalue weighted by Gasteiger charge is -2.45. The number of anilines is 3. The van der Waals surface area contributed by atoms with Gasteiger partial charge in [0.05, 0.1) is 16.9 Å². The molecule has 0 bridgehead atoms. The Morgan fingerprint density at radius 1 is 0.947 bits per heavy atom. The molecule has 1 amide bonds. The number of Topliss-reactive ketones (excluding diaryl/α,β-unsaturated/α-hetero) is 2. The number of halogens is 4. The summed E-state index contributed by atoms with van der Waals surface area (Å²) in [5.74, 6) is -5.51. The van der Waals surface area contributed by atoms with Gasteiger partial charge in [-0.25, -0.2) is 13.7 Å². The highest BCUT2D eigenvalue weighted by Crippen LogP contribution is 2.43. The van der Waals surface area contributed by atoms with E-state index in [4.69, 9.17) is 4.42 Å². The van der Waals surface area contributed by atoms with Crippen molar-refractivity contribution in [3.8, 4) is 0 Å². The molecule has 0 radical (unpaired) electrons. The molecule has 38 heavy (non-hydrogen) atoms. The number of amides is 1. The van der Waals surface area contributed by atoms with E-state index in [1.807, 2.05) is 45.2 Å². The first kappa shape index (κ1) is 28.0. The van der Waals surface area contributed by atoms with Crippen molar-refractivity contribution in [3.63, 3.8) is 0 Å². The molecule has 14 heteroatoms. The number of nitrogens with one attached hydrogen (secondary N) is 3. The minimum absolute atomic E-state index is 0.0879. The quantitative estimate of drug-likeness (QED) is 0.177. The first-order valence-corrected chi connectivity index (χ1v) is 13.1. The second-order valence-electron chi connectivity index (χ2n) is 8.40. The molecule has 0 fully saturated rings. The van der Waals surface area contributed by atoms with E-state index >= 15 is 8.78 Å². The summed E-state index contributed by atoms with van der Waals surface area (Å²) in [6, 6.07) is 8.32. The Bertz CT molecular complexity index is 1400. The summed E-state index contributed by atoms with van der Waals surface area (Å²) in [7, 11) is 1.39. The average molecular weight is 748 g/mol. The van der Waals surface area contributed by atoms with Gasteiger partial charge in [-0.2, -0.15) is 0 Å². The fourth-order valence-corrected chi connectivity index (χ4v) is 5.21. The lowest BCUT2D eigenvalue weighted by molar-refractivity contribution is -0.138. The van der Waals surface area contributed by atoms with Crippen molar-refractivity contribution in [3.05, 3.63) is 73.2 Å². The van der Waals surface area contributed by atoms with Crippen molar-refractivity contribution < 1.29 is 27.6 Å². The maximum absolute atomic E-state index is 15.1. The molecule has 0 spiro atoms. The SMILES string of the molecule is CC(=O)C1(C(C)=O)C=C(C(=O)Nc2nnco2)C(Nc2ccc(I)cc2F)(Nc2ccc(I)cc2F)N1C. The number of ketones is 2. The molecule has 3 aromatic rings. The maximum Gasteiger partial charge on any atom is 0.322 e. The van der Waals surface area contributed by atoms with Crippen LogP contribution in [0.3, 0.4) is 0 Å². The summed E-state index contributed by atoms with van der Waals surface area (Å²) in [6.45, 7) is 2.38. The van der Waals surface area contributed by atoms with Gasteiger partial charge in [0.25, 0.3) is 5.91 Å². The number of nitrogens with zero attached hydrogens (tertiary/aromatic N) is 3. The molecule has 2 heterocycles. The highest BCUT2D eigenvalue weighted by Gasteiger charge is 2.61. The lowest BCUT2D eigenvalue weighted by Crippen LogP contribution is -2.67. The van der Waals surface area contributed by atoms with Crippen LogP contribution in [0.1, 0.15) is 13.8 Å². The van der Waals surface area contributed by atoms with E-state index in [-0.39, 0.29) is 23.0 Å². The average Bonchev–Trinajstić information content (AvgIpc) is 3.43. The van der Waals surface area contributed by atoms with Crippen LogP contribution in [0.2, 0.25) is 0 Å². The van der Waals surface area contributed by atoms with E-state index in [9.17, 15) is 14.4 Å². The van der Waals surface area contributed by atoms with E-state index < -0.39 is 40.4 Å². The van der Waals surface area contributed by atoms with Crippen molar-refractivity contribution in [2.45, 2.75) is 25.2 Å². The zero-order valence-electron chi connectivity index (χ0n) is 20.1. The number of aromatic nitrogens is 2. The molecule has 198 valence electrons. The Balaban J connectivity index is 1.97. The second-order valence-corrected chi connectivity index (χ2v) is 10.9. The zero-order valence-corrected chi connectivity index (χ0v) is 24.4. The first-order chi connectivity index (χ1) is 17.9. The van der Waals surface area contributed by atoms with E-state index in [1.165, 1.54) is 56.1 Å². The smallest absolute Gasteiger partial charge is 0.322 e. The summed E-state index contributed by atoms with van der Waals surface area (Å²) >= 11 is 3.87. The second kappa shape index (κ2) is 10.6. The van der Waals surface area contributed by atoms with Crippen molar-refractivity contribution in [1.82, 2.24) is 15.1 Å². The van der Waals surface area contributed by atoms with Crippen molar-refractivity contribution in [2.24, 2.45) is 0 Å². The number of rotatable bonds is 8. The molecular weight excluding hydrogens is 728 g/mol. The molecule has 2 aromatic carbocycles. The van der Waals surface area contributed by atoms with Crippen LogP contribution in [0.15, 0.2) is 58.9 Å². The van der Waals surface area contributed by atoms with Crippen LogP contribution < -0.4 is 16.0 Å². The molecule has 1 aliphatic heterocycles. The van der Waals surface area contributed by atoms with Gasteiger partial charge < -0.3 is 15.1 Å². The van der Waals surface area contributed by atoms with E-state index in [2.05, 4.69) is 26.1 Å². The molecule has 0 saturated carbocycles. The molecule has 10 nitrogen and oxygen atoms in total.